The van der Waals surface area contributed by atoms with Crippen molar-refractivity contribution in [1.29, 1.82) is 0 Å². The predicted molar refractivity (Wildman–Crippen MR) is 118 cm³/mol. The van der Waals surface area contributed by atoms with Crippen LogP contribution in [-0.2, 0) is 6.42 Å². The van der Waals surface area contributed by atoms with E-state index in [2.05, 4.69) is 20.6 Å². The minimum absolute atomic E-state index is 0. The van der Waals surface area contributed by atoms with E-state index in [0.29, 0.717) is 17.7 Å². The third-order valence-electron chi connectivity index (χ3n) is 3.72. The molecular weight excluding hydrogens is 463 g/mol. The maximum atomic E-state index is 10.3. The number of aromatic nitrogens is 1. The Hall–Kier alpha value is -1.38. The number of aliphatic hydroxyl groups excluding tert-OH is 1. The van der Waals surface area contributed by atoms with Gasteiger partial charge in [0.1, 0.15) is 5.15 Å². The second kappa shape index (κ2) is 12.1. The maximum absolute atomic E-state index is 10.3. The molecule has 0 fully saturated rings. The number of hydrogen-bond donors (Lipinski definition) is 3. The lowest BCUT2D eigenvalue weighted by molar-refractivity contribution is 0.187. The zero-order chi connectivity index (χ0) is 18.1. The second-order valence-electron chi connectivity index (χ2n) is 5.81. The topological polar surface area (TPSA) is 69.5 Å². The van der Waals surface area contributed by atoms with E-state index in [-0.39, 0.29) is 24.0 Å². The molecule has 1 atom stereocenters. The highest BCUT2D eigenvalue weighted by Gasteiger charge is 2.07. The van der Waals surface area contributed by atoms with Crippen molar-refractivity contribution in [2.24, 2.45) is 4.99 Å². The monoisotopic (exact) mass is 488 g/mol. The van der Waals surface area contributed by atoms with E-state index in [4.69, 9.17) is 11.6 Å². The van der Waals surface area contributed by atoms with Gasteiger partial charge in [-0.1, -0.05) is 47.5 Å². The van der Waals surface area contributed by atoms with Gasteiger partial charge in [-0.2, -0.15) is 0 Å². The van der Waals surface area contributed by atoms with Crippen molar-refractivity contribution in [3.63, 3.8) is 0 Å². The summed E-state index contributed by atoms with van der Waals surface area (Å²) in [6.45, 7) is 5.82. The fourth-order valence-electron chi connectivity index (χ4n) is 2.29. The van der Waals surface area contributed by atoms with E-state index in [1.807, 2.05) is 44.2 Å². The Morgan fingerprint density at radius 2 is 1.92 bits per heavy atom. The number of hydrogen-bond acceptors (Lipinski definition) is 3. The number of halogens is 2. The van der Waals surface area contributed by atoms with Gasteiger partial charge in [0.25, 0.3) is 0 Å². The molecular formula is C19H26ClIN4O. The number of guanidine groups is 1. The van der Waals surface area contributed by atoms with Crippen LogP contribution in [0.1, 0.15) is 29.7 Å². The molecule has 26 heavy (non-hydrogen) atoms. The van der Waals surface area contributed by atoms with Crippen molar-refractivity contribution >= 4 is 41.5 Å². The molecule has 0 amide bonds. The minimum Gasteiger partial charge on any atom is -0.386 e. The molecule has 0 spiro atoms. The van der Waals surface area contributed by atoms with Crippen molar-refractivity contribution in [3.8, 4) is 0 Å². The molecule has 2 rings (SSSR count). The molecule has 142 valence electrons. The highest BCUT2D eigenvalue weighted by Crippen LogP contribution is 2.13. The molecule has 1 heterocycles. The molecule has 0 saturated carbocycles. The van der Waals surface area contributed by atoms with Gasteiger partial charge in [0, 0.05) is 19.3 Å². The summed E-state index contributed by atoms with van der Waals surface area (Å²) in [6, 6.07) is 11.6. The Kier molecular flexibility index (Phi) is 10.5. The molecule has 0 bridgehead atoms. The van der Waals surface area contributed by atoms with Crippen LogP contribution in [0.4, 0.5) is 0 Å². The van der Waals surface area contributed by atoms with Crippen LogP contribution in [0.5, 0.6) is 0 Å². The highest BCUT2D eigenvalue weighted by molar-refractivity contribution is 14.0. The average Bonchev–Trinajstić information content (AvgIpc) is 2.61. The van der Waals surface area contributed by atoms with Crippen LogP contribution in [0, 0.1) is 6.92 Å². The van der Waals surface area contributed by atoms with Gasteiger partial charge in [-0.05, 0) is 37.5 Å². The number of benzene rings is 1. The van der Waals surface area contributed by atoms with Gasteiger partial charge < -0.3 is 15.7 Å². The van der Waals surface area contributed by atoms with Crippen LogP contribution in [-0.4, -0.2) is 35.7 Å². The zero-order valence-corrected chi connectivity index (χ0v) is 18.2. The largest absolute Gasteiger partial charge is 0.386 e. The predicted octanol–water partition coefficient (Wildman–Crippen LogP) is 3.49. The molecule has 0 aliphatic rings. The van der Waals surface area contributed by atoms with E-state index >= 15 is 0 Å². The first kappa shape index (κ1) is 22.7. The molecule has 1 aromatic heterocycles. The lowest BCUT2D eigenvalue weighted by Gasteiger charge is -2.13. The highest BCUT2D eigenvalue weighted by atomic mass is 127. The number of aliphatic imine (C=N–C) groups is 1. The van der Waals surface area contributed by atoms with Crippen molar-refractivity contribution in [1.82, 2.24) is 15.6 Å². The minimum atomic E-state index is -0.614. The Morgan fingerprint density at radius 3 is 2.54 bits per heavy atom. The van der Waals surface area contributed by atoms with Gasteiger partial charge in [0.2, 0.25) is 0 Å². The number of nitrogens with one attached hydrogen (secondary N) is 2. The normalized spacial score (nSPS) is 12.2. The molecule has 3 N–H and O–H groups in total. The maximum Gasteiger partial charge on any atom is 0.191 e. The number of nitrogens with zero attached hydrogens (tertiary/aromatic N) is 2. The van der Waals surface area contributed by atoms with Crippen LogP contribution < -0.4 is 10.6 Å². The van der Waals surface area contributed by atoms with Crippen LogP contribution in [0.15, 0.2) is 47.6 Å². The molecule has 1 unspecified atom stereocenters. The molecule has 2 aromatic rings. The number of aliphatic hydroxyl groups is 1. The third-order valence-corrected chi connectivity index (χ3v) is 3.95. The van der Waals surface area contributed by atoms with Crippen molar-refractivity contribution in [3.05, 3.63) is 64.4 Å². The summed E-state index contributed by atoms with van der Waals surface area (Å²) in [5, 5.41) is 17.2. The summed E-state index contributed by atoms with van der Waals surface area (Å²) in [4.78, 5) is 8.54. The van der Waals surface area contributed by atoms with Gasteiger partial charge in [0.05, 0.1) is 12.6 Å². The van der Waals surface area contributed by atoms with Crippen LogP contribution >= 0.6 is 35.6 Å². The standard InChI is InChI=1S/C19H25ClN4O.HI/c1-3-21-19(22-11-10-15-6-9-18(20)23-12-15)24-13-17(25)16-7-4-14(2)5-8-16;/h4-9,12,17,25H,3,10-11,13H2,1-2H3,(H2,21,22,24);1H. The van der Waals surface area contributed by atoms with Crippen LogP contribution in [0.2, 0.25) is 5.15 Å². The lowest BCUT2D eigenvalue weighted by atomic mass is 10.1. The molecule has 1 aromatic carbocycles. The first-order valence-electron chi connectivity index (χ1n) is 8.45. The molecule has 0 aliphatic heterocycles. The summed E-state index contributed by atoms with van der Waals surface area (Å²) in [5.41, 5.74) is 3.15. The zero-order valence-electron chi connectivity index (χ0n) is 15.1. The SMILES string of the molecule is CCNC(=NCC(O)c1ccc(C)cc1)NCCc1ccc(Cl)nc1.I. The van der Waals surface area contributed by atoms with E-state index in [0.717, 1.165) is 30.6 Å². The second-order valence-corrected chi connectivity index (χ2v) is 6.20. The number of rotatable bonds is 7. The fraction of sp³-hybridized carbons (Fsp3) is 0.368. The Balaban J connectivity index is 0.00000338. The molecule has 7 heteroatoms. The third kappa shape index (κ3) is 7.88. The smallest absolute Gasteiger partial charge is 0.191 e. The van der Waals surface area contributed by atoms with Crippen LogP contribution in [0.25, 0.3) is 0 Å². The Labute approximate surface area is 177 Å². The van der Waals surface area contributed by atoms with E-state index in [9.17, 15) is 5.11 Å². The summed E-state index contributed by atoms with van der Waals surface area (Å²) in [7, 11) is 0. The summed E-state index contributed by atoms with van der Waals surface area (Å²) in [6.07, 6.45) is 1.97. The first-order chi connectivity index (χ1) is 12.1. The molecule has 0 saturated heterocycles. The quantitative estimate of drug-likeness (QED) is 0.242. The summed E-state index contributed by atoms with van der Waals surface area (Å²) >= 11 is 5.79. The lowest BCUT2D eigenvalue weighted by Crippen LogP contribution is -2.38. The van der Waals surface area contributed by atoms with Gasteiger partial charge >= 0.3 is 0 Å². The molecule has 0 radical (unpaired) electrons. The molecule has 0 aliphatic carbocycles. The van der Waals surface area contributed by atoms with Gasteiger partial charge in [-0.15, -0.1) is 24.0 Å². The summed E-state index contributed by atoms with van der Waals surface area (Å²) < 4.78 is 0. The average molecular weight is 489 g/mol. The van der Waals surface area contributed by atoms with Crippen LogP contribution in [0.3, 0.4) is 0 Å². The van der Waals surface area contributed by atoms with Gasteiger partial charge in [-0.3, -0.25) is 4.99 Å². The van der Waals surface area contributed by atoms with E-state index < -0.39 is 6.10 Å². The number of pyridine rings is 1. The van der Waals surface area contributed by atoms with E-state index in [1.165, 1.54) is 5.56 Å². The fourth-order valence-corrected chi connectivity index (χ4v) is 2.40. The Bertz CT molecular complexity index is 677. The Morgan fingerprint density at radius 1 is 1.19 bits per heavy atom. The van der Waals surface area contributed by atoms with Gasteiger partial charge in [-0.25, -0.2) is 4.98 Å². The van der Waals surface area contributed by atoms with Crippen molar-refractivity contribution in [2.75, 3.05) is 19.6 Å². The number of aryl methyl sites for hydroxylation is 1. The first-order valence-corrected chi connectivity index (χ1v) is 8.83. The summed E-state index contributed by atoms with van der Waals surface area (Å²) in [5.74, 6) is 0.690. The van der Waals surface area contributed by atoms with Crippen molar-refractivity contribution < 1.29 is 5.11 Å². The van der Waals surface area contributed by atoms with E-state index in [1.54, 1.807) is 12.3 Å². The molecule has 5 nitrogen and oxygen atoms in total. The van der Waals surface area contributed by atoms with Gasteiger partial charge in [0.15, 0.2) is 5.96 Å². The van der Waals surface area contributed by atoms with Crippen molar-refractivity contribution in [2.45, 2.75) is 26.4 Å².